The van der Waals surface area contributed by atoms with E-state index in [2.05, 4.69) is 13.2 Å². The van der Waals surface area contributed by atoms with E-state index in [1.807, 2.05) is 0 Å². The molecule has 0 spiro atoms. The predicted octanol–water partition coefficient (Wildman–Crippen LogP) is 0.615. The first-order valence-electron chi connectivity index (χ1n) is 2.50. The molecular formula is C4H10O6P2. The van der Waals surface area contributed by atoms with Gasteiger partial charge in [-0.1, -0.05) is 13.2 Å². The van der Waals surface area contributed by atoms with Crippen molar-refractivity contribution in [2.75, 3.05) is 0 Å². The molecule has 72 valence electrons. The van der Waals surface area contributed by atoms with Crippen LogP contribution in [0.1, 0.15) is 0 Å². The zero-order valence-corrected chi connectivity index (χ0v) is 7.86. The van der Waals surface area contributed by atoms with Crippen LogP contribution in [0.15, 0.2) is 24.8 Å². The summed E-state index contributed by atoms with van der Waals surface area (Å²) >= 11 is 0. The molecule has 12 heavy (non-hydrogen) atoms. The van der Waals surface area contributed by atoms with Crippen LogP contribution in [0.5, 0.6) is 0 Å². The van der Waals surface area contributed by atoms with Crippen molar-refractivity contribution in [1.82, 2.24) is 0 Å². The van der Waals surface area contributed by atoms with Crippen molar-refractivity contribution in [3.63, 3.8) is 0 Å². The summed E-state index contributed by atoms with van der Waals surface area (Å²) in [5.41, 5.74) is 0. The maximum atomic E-state index is 9.58. The van der Waals surface area contributed by atoms with E-state index in [0.29, 0.717) is 11.6 Å². The summed E-state index contributed by atoms with van der Waals surface area (Å²) in [6.45, 7) is 5.74. The summed E-state index contributed by atoms with van der Waals surface area (Å²) in [6, 6.07) is 0. The molecule has 0 aromatic carbocycles. The molecule has 0 aliphatic carbocycles. The van der Waals surface area contributed by atoms with E-state index in [0.717, 1.165) is 0 Å². The Balaban J connectivity index is 0. The van der Waals surface area contributed by atoms with E-state index in [1.54, 1.807) is 0 Å². The highest BCUT2D eigenvalue weighted by Crippen LogP contribution is 2.34. The smallest absolute Gasteiger partial charge is 0.321 e. The van der Waals surface area contributed by atoms with Gasteiger partial charge in [0.1, 0.15) is 0 Å². The number of hydrogen-bond donors (Lipinski definition) is 4. The van der Waals surface area contributed by atoms with Gasteiger partial charge in [0.05, 0.1) is 0 Å². The molecule has 0 amide bonds. The molecule has 0 unspecified atom stereocenters. The van der Waals surface area contributed by atoms with Crippen LogP contribution in [0.25, 0.3) is 0 Å². The van der Waals surface area contributed by atoms with Crippen molar-refractivity contribution in [3.8, 4) is 0 Å². The van der Waals surface area contributed by atoms with E-state index >= 15 is 0 Å². The van der Waals surface area contributed by atoms with Crippen molar-refractivity contribution >= 4 is 15.2 Å². The topological polar surface area (TPSA) is 115 Å². The molecule has 0 fully saturated rings. The Labute approximate surface area is 69.6 Å². The number of rotatable bonds is 2. The van der Waals surface area contributed by atoms with Crippen molar-refractivity contribution in [1.29, 1.82) is 0 Å². The van der Waals surface area contributed by atoms with Crippen LogP contribution in [-0.2, 0) is 9.13 Å². The summed E-state index contributed by atoms with van der Waals surface area (Å²) in [6.07, 6.45) is 0. The second-order valence-corrected chi connectivity index (χ2v) is 4.63. The minimum Gasteiger partial charge on any atom is -0.321 e. The molecule has 8 heteroatoms. The van der Waals surface area contributed by atoms with Gasteiger partial charge in [0.25, 0.3) is 0 Å². The Morgan fingerprint density at radius 3 is 0.917 bits per heavy atom. The van der Waals surface area contributed by atoms with Crippen LogP contribution in [0, 0.1) is 0 Å². The maximum Gasteiger partial charge on any atom is 0.348 e. The minimum absolute atomic E-state index is 0.604. The third kappa shape index (κ3) is 22.6. The summed E-state index contributed by atoms with van der Waals surface area (Å²) in [7, 11) is -7.77. The van der Waals surface area contributed by atoms with Crippen molar-refractivity contribution in [2.24, 2.45) is 0 Å². The molecule has 0 aromatic heterocycles. The molecule has 0 radical (unpaired) electrons. The molecular weight excluding hydrogens is 206 g/mol. The van der Waals surface area contributed by atoms with Crippen LogP contribution in [0.2, 0.25) is 0 Å². The molecule has 0 saturated heterocycles. The largest absolute Gasteiger partial charge is 0.348 e. The van der Waals surface area contributed by atoms with Gasteiger partial charge < -0.3 is 19.6 Å². The lowest BCUT2D eigenvalue weighted by Crippen LogP contribution is -1.63. The highest BCUT2D eigenvalue weighted by molar-refractivity contribution is 7.55. The predicted molar refractivity (Wildman–Crippen MR) is 44.5 cm³/mol. The lowest BCUT2D eigenvalue weighted by molar-refractivity contribution is 0.384. The van der Waals surface area contributed by atoms with Crippen molar-refractivity contribution < 1.29 is 28.7 Å². The molecule has 4 N–H and O–H groups in total. The van der Waals surface area contributed by atoms with E-state index in [1.165, 1.54) is 0 Å². The molecule has 0 aliphatic heterocycles. The van der Waals surface area contributed by atoms with Crippen LogP contribution in [0.3, 0.4) is 0 Å². The lowest BCUT2D eigenvalue weighted by atomic mass is 11.3. The Hall–Kier alpha value is -0.220. The first-order valence-corrected chi connectivity index (χ1v) is 5.86. The first kappa shape index (κ1) is 14.3. The standard InChI is InChI=1S/2C2H5O3P/c2*1-2-6(3,4)5/h2*2H,1H2,(H2,3,4,5). The third-order valence-corrected chi connectivity index (χ3v) is 1.43. The van der Waals surface area contributed by atoms with Gasteiger partial charge in [0.2, 0.25) is 0 Å². The molecule has 0 aromatic rings. The average Bonchev–Trinajstić information content (AvgIpc) is 1.86. The van der Waals surface area contributed by atoms with E-state index in [4.69, 9.17) is 19.6 Å². The van der Waals surface area contributed by atoms with Gasteiger partial charge in [0, 0.05) is 11.6 Å². The third-order valence-electron chi connectivity index (χ3n) is 0.476. The van der Waals surface area contributed by atoms with Gasteiger partial charge in [-0.3, -0.25) is 9.13 Å². The maximum absolute atomic E-state index is 9.58. The van der Waals surface area contributed by atoms with Crippen molar-refractivity contribution in [2.45, 2.75) is 0 Å². The summed E-state index contributed by atoms with van der Waals surface area (Å²) in [5, 5.41) is 0. The van der Waals surface area contributed by atoms with Crippen LogP contribution in [-0.4, -0.2) is 19.6 Å². The molecule has 6 nitrogen and oxygen atoms in total. The normalized spacial score (nSPS) is 11.0. The van der Waals surface area contributed by atoms with Crippen LogP contribution in [0.4, 0.5) is 0 Å². The van der Waals surface area contributed by atoms with Gasteiger partial charge in [-0.05, 0) is 0 Å². The van der Waals surface area contributed by atoms with E-state index < -0.39 is 15.2 Å². The number of hydrogen-bond acceptors (Lipinski definition) is 2. The Morgan fingerprint density at radius 2 is 0.917 bits per heavy atom. The van der Waals surface area contributed by atoms with E-state index in [-0.39, 0.29) is 0 Å². The Kier molecular flexibility index (Phi) is 6.48. The minimum atomic E-state index is -3.88. The molecule has 0 aliphatic rings. The fourth-order valence-corrected chi connectivity index (χ4v) is 0. The highest BCUT2D eigenvalue weighted by Gasteiger charge is 2.01. The van der Waals surface area contributed by atoms with Crippen molar-refractivity contribution in [3.05, 3.63) is 24.8 Å². The molecule has 0 bridgehead atoms. The fourth-order valence-electron chi connectivity index (χ4n) is 0. The first-order chi connectivity index (χ1) is 5.12. The summed E-state index contributed by atoms with van der Waals surface area (Å²) in [5.74, 6) is 1.21. The molecule has 0 rings (SSSR count). The summed E-state index contributed by atoms with van der Waals surface area (Å²) < 4.78 is 19.2. The quantitative estimate of drug-likeness (QED) is 0.503. The fraction of sp³-hybridized carbons (Fsp3) is 0. The monoisotopic (exact) mass is 216 g/mol. The zero-order chi connectivity index (χ0) is 10.4. The zero-order valence-electron chi connectivity index (χ0n) is 6.07. The van der Waals surface area contributed by atoms with Crippen LogP contribution < -0.4 is 0 Å². The van der Waals surface area contributed by atoms with Gasteiger partial charge in [-0.15, -0.1) is 0 Å². The second kappa shape index (κ2) is 5.43. The lowest BCUT2D eigenvalue weighted by Gasteiger charge is -1.87. The van der Waals surface area contributed by atoms with Crippen LogP contribution >= 0.6 is 15.2 Å². The highest BCUT2D eigenvalue weighted by atomic mass is 31.2. The Bertz CT molecular complexity index is 208. The van der Waals surface area contributed by atoms with Gasteiger partial charge >= 0.3 is 15.2 Å². The molecule has 0 heterocycles. The second-order valence-electron chi connectivity index (χ2n) is 1.54. The van der Waals surface area contributed by atoms with Gasteiger partial charge in [-0.2, -0.15) is 0 Å². The van der Waals surface area contributed by atoms with Gasteiger partial charge in [-0.25, -0.2) is 0 Å². The van der Waals surface area contributed by atoms with Gasteiger partial charge in [0.15, 0.2) is 0 Å². The summed E-state index contributed by atoms with van der Waals surface area (Å²) in [4.78, 5) is 31.3. The van der Waals surface area contributed by atoms with E-state index in [9.17, 15) is 9.13 Å². The SMILES string of the molecule is C=CP(=O)(O)O.C=CP(=O)(O)O. The molecule has 0 saturated carbocycles. The molecule has 0 atom stereocenters. The average molecular weight is 216 g/mol. The Morgan fingerprint density at radius 1 is 0.833 bits per heavy atom.